The Morgan fingerprint density at radius 2 is 1.91 bits per heavy atom. The number of fused-ring (bicyclic) bond motifs is 2. The van der Waals surface area contributed by atoms with Gasteiger partial charge in [-0.25, -0.2) is 0 Å². The third-order valence-corrected chi connectivity index (χ3v) is 11.9. The average molecular weight is 468 g/mol. The molecule has 2 spiro atoms. The van der Waals surface area contributed by atoms with Crippen LogP contribution in [0.2, 0.25) is 0 Å². The minimum atomic E-state index is -0.909. The summed E-state index contributed by atoms with van der Waals surface area (Å²) in [4.78, 5) is 2.82. The first-order valence-corrected chi connectivity index (χ1v) is 13.6. The maximum atomic E-state index is 12.2. The summed E-state index contributed by atoms with van der Waals surface area (Å²) in [5, 5.41) is 23.2. The topological polar surface area (TPSA) is 62.2 Å². The summed E-state index contributed by atoms with van der Waals surface area (Å²) in [6.45, 7) is 10.8. The molecular formula is C29H41NO4. The summed E-state index contributed by atoms with van der Waals surface area (Å²) in [5.74, 6) is 1.80. The summed E-state index contributed by atoms with van der Waals surface area (Å²) >= 11 is 0. The Labute approximate surface area is 203 Å². The summed E-state index contributed by atoms with van der Waals surface area (Å²) in [6.07, 6.45) is 7.64. The molecule has 0 amide bonds. The molecule has 7 aliphatic rings. The van der Waals surface area contributed by atoms with E-state index in [1.807, 2.05) is 20.1 Å². The monoisotopic (exact) mass is 467 g/mol. The molecular weight excluding hydrogens is 426 g/mol. The molecule has 1 saturated heterocycles. The number of aromatic hydroxyl groups is 1. The van der Waals surface area contributed by atoms with Crippen LogP contribution in [0.1, 0.15) is 77.3 Å². The van der Waals surface area contributed by atoms with Crippen LogP contribution in [0, 0.1) is 22.7 Å². The average Bonchev–Trinajstić information content (AvgIpc) is 3.53. The van der Waals surface area contributed by atoms with E-state index >= 15 is 0 Å². The van der Waals surface area contributed by atoms with Crippen molar-refractivity contribution in [1.29, 1.82) is 0 Å². The van der Waals surface area contributed by atoms with Crippen LogP contribution in [0.15, 0.2) is 12.1 Å². The Bertz CT molecular complexity index is 1060. The molecule has 5 heteroatoms. The minimum Gasteiger partial charge on any atom is -0.504 e. The van der Waals surface area contributed by atoms with Crippen LogP contribution >= 0.6 is 0 Å². The van der Waals surface area contributed by atoms with Crippen molar-refractivity contribution in [3.8, 4) is 11.5 Å². The molecule has 1 aromatic carbocycles. The highest BCUT2D eigenvalue weighted by Gasteiger charge is 2.82. The largest absolute Gasteiger partial charge is 0.504 e. The van der Waals surface area contributed by atoms with Crippen LogP contribution in [-0.2, 0) is 16.6 Å². The molecule has 4 saturated carbocycles. The molecule has 2 unspecified atom stereocenters. The van der Waals surface area contributed by atoms with Gasteiger partial charge in [0.2, 0.25) is 0 Å². The Hall–Kier alpha value is -1.30. The van der Waals surface area contributed by atoms with Crippen LogP contribution in [0.5, 0.6) is 11.5 Å². The first-order chi connectivity index (χ1) is 16.0. The van der Waals surface area contributed by atoms with E-state index in [1.54, 1.807) is 0 Å². The maximum Gasteiger partial charge on any atom is 0.165 e. The van der Waals surface area contributed by atoms with Gasteiger partial charge >= 0.3 is 0 Å². The minimum absolute atomic E-state index is 0.0294. The number of methoxy groups -OCH3 is 1. The van der Waals surface area contributed by atoms with Crippen molar-refractivity contribution in [2.45, 2.75) is 101 Å². The lowest BCUT2D eigenvalue weighted by atomic mass is 9.33. The van der Waals surface area contributed by atoms with Gasteiger partial charge in [0.1, 0.15) is 11.7 Å². The van der Waals surface area contributed by atoms with Crippen molar-refractivity contribution >= 4 is 0 Å². The van der Waals surface area contributed by atoms with E-state index in [-0.39, 0.29) is 34.0 Å². The second-order valence-electron chi connectivity index (χ2n) is 13.8. The van der Waals surface area contributed by atoms with Crippen molar-refractivity contribution in [2.24, 2.45) is 22.7 Å². The van der Waals surface area contributed by atoms with Crippen molar-refractivity contribution in [2.75, 3.05) is 20.2 Å². The molecule has 8 rings (SSSR count). The van der Waals surface area contributed by atoms with Crippen molar-refractivity contribution in [3.63, 3.8) is 0 Å². The van der Waals surface area contributed by atoms with Crippen LogP contribution in [0.3, 0.4) is 0 Å². The lowest BCUT2D eigenvalue weighted by molar-refractivity contribution is -0.312. The fraction of sp³-hybridized carbons (Fsp3) is 0.793. The van der Waals surface area contributed by atoms with Crippen LogP contribution in [0.25, 0.3) is 0 Å². The first-order valence-electron chi connectivity index (χ1n) is 13.6. The molecule has 4 bridgehead atoms. The Morgan fingerprint density at radius 3 is 2.59 bits per heavy atom. The molecule has 5 aliphatic carbocycles. The van der Waals surface area contributed by atoms with E-state index in [1.165, 1.54) is 30.5 Å². The summed E-state index contributed by atoms with van der Waals surface area (Å²) < 4.78 is 13.5. The SMILES string of the molecule is COC12CC[C@@]3(C[C@H]1C(C)(O)C(C)(C)C)[C@@H]1Cc4ccc(O)c5c4[C@]3(CCN1CC1CC1)[C@@H]2O5. The van der Waals surface area contributed by atoms with Crippen LogP contribution in [0.4, 0.5) is 0 Å². The summed E-state index contributed by atoms with van der Waals surface area (Å²) in [7, 11) is 1.83. The number of rotatable bonds is 4. The normalized spacial score (nSPS) is 43.9. The van der Waals surface area contributed by atoms with Crippen molar-refractivity contribution in [1.82, 2.24) is 4.90 Å². The number of phenols is 1. The van der Waals surface area contributed by atoms with Gasteiger partial charge in [-0.3, -0.25) is 4.90 Å². The highest BCUT2D eigenvalue weighted by Crippen LogP contribution is 2.78. The second-order valence-corrected chi connectivity index (χ2v) is 13.8. The van der Waals surface area contributed by atoms with Crippen LogP contribution in [-0.4, -0.2) is 58.7 Å². The molecule has 0 radical (unpaired) electrons. The molecule has 186 valence electrons. The van der Waals surface area contributed by atoms with E-state index in [4.69, 9.17) is 9.47 Å². The van der Waals surface area contributed by atoms with Crippen molar-refractivity contribution < 1.29 is 19.7 Å². The van der Waals surface area contributed by atoms with E-state index in [9.17, 15) is 10.2 Å². The Morgan fingerprint density at radius 1 is 1.15 bits per heavy atom. The van der Waals surface area contributed by atoms with E-state index < -0.39 is 11.2 Å². The molecule has 2 aliphatic heterocycles. The molecule has 5 nitrogen and oxygen atoms in total. The summed E-state index contributed by atoms with van der Waals surface area (Å²) in [5.41, 5.74) is 0.783. The second kappa shape index (κ2) is 6.33. The number of hydrogen-bond acceptors (Lipinski definition) is 5. The van der Waals surface area contributed by atoms with Gasteiger partial charge in [-0.1, -0.05) is 26.8 Å². The predicted molar refractivity (Wildman–Crippen MR) is 130 cm³/mol. The maximum absolute atomic E-state index is 12.2. The summed E-state index contributed by atoms with van der Waals surface area (Å²) in [6, 6.07) is 4.46. The zero-order chi connectivity index (χ0) is 23.9. The van der Waals surface area contributed by atoms with E-state index in [0.29, 0.717) is 11.8 Å². The zero-order valence-electron chi connectivity index (χ0n) is 21.5. The predicted octanol–water partition coefficient (Wildman–Crippen LogP) is 4.41. The van der Waals surface area contributed by atoms with Crippen molar-refractivity contribution in [3.05, 3.63) is 23.3 Å². The lowest BCUT2D eigenvalue weighted by Crippen LogP contribution is -2.83. The molecule has 34 heavy (non-hydrogen) atoms. The molecule has 0 aromatic heterocycles. The Kier molecular flexibility index (Phi) is 4.08. The first kappa shape index (κ1) is 21.9. The Balaban J connectivity index is 1.47. The van der Waals surface area contributed by atoms with Gasteiger partial charge in [0.15, 0.2) is 11.5 Å². The van der Waals surface area contributed by atoms with Gasteiger partial charge < -0.3 is 19.7 Å². The number of ether oxygens (including phenoxy) is 2. The highest BCUT2D eigenvalue weighted by atomic mass is 16.6. The van der Waals surface area contributed by atoms with Gasteiger partial charge in [0.05, 0.1) is 5.60 Å². The number of nitrogens with zero attached hydrogens (tertiary/aromatic N) is 1. The smallest absolute Gasteiger partial charge is 0.165 e. The fourth-order valence-corrected chi connectivity index (χ4v) is 9.58. The standard InChI is InChI=1S/C29H41NO4/c1-25(2,3)26(4,32)20-15-27-10-11-29(20,33-5)24-28(27)12-13-30(16-17-6-7-17)21(27)14-18-8-9-19(31)23(34-24)22(18)28/h8-9,17,20-21,24,31-32H,6-7,10-16H2,1-5H3/t20-,21-,24-,26?,27+,28+,29?/m0/s1. The van der Waals surface area contributed by atoms with Gasteiger partial charge in [0, 0.05) is 42.0 Å². The number of hydrogen-bond donors (Lipinski definition) is 2. The fourth-order valence-electron chi connectivity index (χ4n) is 9.58. The number of aliphatic hydroxyl groups is 1. The molecule has 5 fully saturated rings. The number of benzene rings is 1. The third-order valence-electron chi connectivity index (χ3n) is 11.9. The number of phenolic OH excluding ortho intramolecular Hbond substituents is 1. The number of likely N-dealkylation sites (tertiary alicyclic amines) is 1. The van der Waals surface area contributed by atoms with E-state index in [0.717, 1.165) is 44.6 Å². The van der Waals surface area contributed by atoms with Gasteiger partial charge in [-0.05, 0) is 81.4 Å². The van der Waals surface area contributed by atoms with Gasteiger partial charge in [-0.15, -0.1) is 0 Å². The lowest BCUT2D eigenvalue weighted by Gasteiger charge is -2.75. The number of piperidine rings is 1. The highest BCUT2D eigenvalue weighted by molar-refractivity contribution is 5.63. The quantitative estimate of drug-likeness (QED) is 0.687. The third kappa shape index (κ3) is 2.25. The van der Waals surface area contributed by atoms with Crippen LogP contribution < -0.4 is 4.74 Å². The molecule has 1 aromatic rings. The van der Waals surface area contributed by atoms with Gasteiger partial charge in [0.25, 0.3) is 0 Å². The van der Waals surface area contributed by atoms with Gasteiger partial charge in [-0.2, -0.15) is 0 Å². The van der Waals surface area contributed by atoms with E-state index in [2.05, 4.69) is 31.7 Å². The molecule has 2 N–H and O–H groups in total. The molecule has 2 heterocycles. The molecule has 7 atom stereocenters. The zero-order valence-corrected chi connectivity index (χ0v) is 21.5.